The summed E-state index contributed by atoms with van der Waals surface area (Å²) in [6, 6.07) is 16.9. The molecule has 1 atom stereocenters. The van der Waals surface area contributed by atoms with E-state index in [1.807, 2.05) is 37.3 Å². The highest BCUT2D eigenvalue weighted by Crippen LogP contribution is 2.29. The molecule has 1 aliphatic heterocycles. The quantitative estimate of drug-likeness (QED) is 0.519. The molecule has 0 amide bonds. The SMILES string of the molecule is CN(C)CCCN1N=C(CCCOCc2ccccc2)OC1c1ccc(C(=O)O)cc1. The first-order valence-electron chi connectivity index (χ1n) is 10.6. The van der Waals surface area contributed by atoms with Crippen LogP contribution in [0.15, 0.2) is 59.7 Å². The van der Waals surface area contributed by atoms with Gasteiger partial charge in [-0.05, 0) is 51.2 Å². The highest BCUT2D eigenvalue weighted by Gasteiger charge is 2.29. The number of hydrogen-bond donors (Lipinski definition) is 1. The molecule has 0 bridgehead atoms. The van der Waals surface area contributed by atoms with E-state index in [0.29, 0.717) is 25.5 Å². The minimum atomic E-state index is -0.936. The third kappa shape index (κ3) is 7.08. The fourth-order valence-corrected chi connectivity index (χ4v) is 3.35. The Balaban J connectivity index is 1.53. The molecule has 31 heavy (non-hydrogen) atoms. The van der Waals surface area contributed by atoms with E-state index in [4.69, 9.17) is 19.7 Å². The lowest BCUT2D eigenvalue weighted by Crippen LogP contribution is -2.25. The Bertz CT molecular complexity index is 853. The van der Waals surface area contributed by atoms with Gasteiger partial charge in [-0.3, -0.25) is 5.01 Å². The Hall–Kier alpha value is -2.90. The van der Waals surface area contributed by atoms with Crippen LogP contribution in [0.3, 0.4) is 0 Å². The minimum Gasteiger partial charge on any atom is -0.478 e. The first-order chi connectivity index (χ1) is 15.0. The number of rotatable bonds is 12. The second-order valence-corrected chi connectivity index (χ2v) is 7.85. The molecule has 0 saturated carbocycles. The van der Waals surface area contributed by atoms with Crippen LogP contribution < -0.4 is 0 Å². The van der Waals surface area contributed by atoms with Crippen LogP contribution in [0.1, 0.15) is 47.0 Å². The predicted molar refractivity (Wildman–Crippen MR) is 120 cm³/mol. The third-order valence-electron chi connectivity index (χ3n) is 4.98. The highest BCUT2D eigenvalue weighted by molar-refractivity contribution is 5.87. The molecule has 0 spiro atoms. The number of nitrogens with zero attached hydrogens (tertiary/aromatic N) is 3. The minimum absolute atomic E-state index is 0.262. The van der Waals surface area contributed by atoms with Crippen LogP contribution in [0.2, 0.25) is 0 Å². The topological polar surface area (TPSA) is 74.6 Å². The Kier molecular flexibility index (Phi) is 8.44. The number of carboxylic acid groups (broad SMARTS) is 1. The summed E-state index contributed by atoms with van der Waals surface area (Å²) in [7, 11) is 4.10. The van der Waals surface area contributed by atoms with Crippen LogP contribution in [-0.2, 0) is 16.1 Å². The molecule has 1 heterocycles. The second-order valence-electron chi connectivity index (χ2n) is 7.85. The first-order valence-corrected chi connectivity index (χ1v) is 10.6. The molecule has 1 N–H and O–H groups in total. The molecular weight excluding hydrogens is 394 g/mol. The van der Waals surface area contributed by atoms with Gasteiger partial charge in [0.2, 0.25) is 12.1 Å². The predicted octanol–water partition coefficient (Wildman–Crippen LogP) is 3.98. The molecule has 7 nitrogen and oxygen atoms in total. The van der Waals surface area contributed by atoms with Crippen molar-refractivity contribution in [2.45, 2.75) is 32.1 Å². The van der Waals surface area contributed by atoms with Gasteiger partial charge >= 0.3 is 5.97 Å². The molecule has 0 aromatic heterocycles. The van der Waals surface area contributed by atoms with Crippen molar-refractivity contribution in [1.29, 1.82) is 0 Å². The van der Waals surface area contributed by atoms with E-state index in [0.717, 1.165) is 37.1 Å². The average molecular weight is 426 g/mol. The molecule has 3 rings (SSSR count). The Labute approximate surface area is 183 Å². The van der Waals surface area contributed by atoms with Crippen molar-refractivity contribution in [1.82, 2.24) is 9.91 Å². The molecule has 0 aliphatic carbocycles. The van der Waals surface area contributed by atoms with Gasteiger partial charge < -0.3 is 19.5 Å². The summed E-state index contributed by atoms with van der Waals surface area (Å²) < 4.78 is 11.9. The van der Waals surface area contributed by atoms with Gasteiger partial charge in [0.25, 0.3) is 0 Å². The Morgan fingerprint density at radius 1 is 1.13 bits per heavy atom. The molecule has 7 heteroatoms. The van der Waals surface area contributed by atoms with Crippen LogP contribution in [-0.4, -0.2) is 60.7 Å². The molecule has 2 aromatic carbocycles. The van der Waals surface area contributed by atoms with Crippen molar-refractivity contribution in [2.75, 3.05) is 33.8 Å². The van der Waals surface area contributed by atoms with Gasteiger partial charge in [-0.25, -0.2) is 4.79 Å². The summed E-state index contributed by atoms with van der Waals surface area (Å²) in [6.45, 7) is 2.95. The number of benzene rings is 2. The highest BCUT2D eigenvalue weighted by atomic mass is 16.5. The van der Waals surface area contributed by atoms with Crippen LogP contribution in [0, 0.1) is 0 Å². The van der Waals surface area contributed by atoms with Gasteiger partial charge in [-0.2, -0.15) is 0 Å². The van der Waals surface area contributed by atoms with E-state index < -0.39 is 5.97 Å². The maximum Gasteiger partial charge on any atom is 0.335 e. The smallest absolute Gasteiger partial charge is 0.335 e. The van der Waals surface area contributed by atoms with Crippen molar-refractivity contribution in [2.24, 2.45) is 5.10 Å². The van der Waals surface area contributed by atoms with E-state index in [2.05, 4.69) is 17.0 Å². The van der Waals surface area contributed by atoms with Gasteiger partial charge in [0.05, 0.1) is 12.2 Å². The molecule has 166 valence electrons. The van der Waals surface area contributed by atoms with Gasteiger partial charge in [-0.1, -0.05) is 42.5 Å². The summed E-state index contributed by atoms with van der Waals surface area (Å²) in [5.74, 6) is -0.241. The van der Waals surface area contributed by atoms with Crippen molar-refractivity contribution in [3.05, 3.63) is 71.3 Å². The normalized spacial score (nSPS) is 15.8. The van der Waals surface area contributed by atoms with E-state index in [9.17, 15) is 4.79 Å². The summed E-state index contributed by atoms with van der Waals surface area (Å²) in [6.07, 6.45) is 2.15. The van der Waals surface area contributed by atoms with Crippen LogP contribution in [0.25, 0.3) is 0 Å². The van der Waals surface area contributed by atoms with E-state index in [1.54, 1.807) is 24.3 Å². The lowest BCUT2D eigenvalue weighted by atomic mass is 10.1. The van der Waals surface area contributed by atoms with Gasteiger partial charge in [0.15, 0.2) is 0 Å². The monoisotopic (exact) mass is 425 g/mol. The lowest BCUT2D eigenvalue weighted by Gasteiger charge is -2.23. The average Bonchev–Trinajstić information content (AvgIpc) is 3.17. The zero-order valence-corrected chi connectivity index (χ0v) is 18.2. The molecule has 2 aromatic rings. The maximum atomic E-state index is 11.1. The second kappa shape index (κ2) is 11.5. The largest absolute Gasteiger partial charge is 0.478 e. The number of carbonyl (C=O) groups is 1. The van der Waals surface area contributed by atoms with Crippen molar-refractivity contribution >= 4 is 11.9 Å². The fourth-order valence-electron chi connectivity index (χ4n) is 3.35. The van der Waals surface area contributed by atoms with Crippen LogP contribution in [0.5, 0.6) is 0 Å². The van der Waals surface area contributed by atoms with Gasteiger partial charge in [0.1, 0.15) is 0 Å². The number of hydrogen-bond acceptors (Lipinski definition) is 6. The van der Waals surface area contributed by atoms with E-state index >= 15 is 0 Å². The molecule has 0 fully saturated rings. The number of aromatic carboxylic acids is 1. The van der Waals surface area contributed by atoms with Crippen LogP contribution >= 0.6 is 0 Å². The molecule has 0 radical (unpaired) electrons. The van der Waals surface area contributed by atoms with E-state index in [-0.39, 0.29) is 11.8 Å². The van der Waals surface area contributed by atoms with Crippen molar-refractivity contribution in [3.8, 4) is 0 Å². The van der Waals surface area contributed by atoms with Gasteiger partial charge in [0, 0.05) is 25.1 Å². The number of hydrazone groups is 1. The van der Waals surface area contributed by atoms with Crippen molar-refractivity contribution < 1.29 is 19.4 Å². The lowest BCUT2D eigenvalue weighted by molar-refractivity contribution is 0.0514. The Morgan fingerprint density at radius 2 is 1.87 bits per heavy atom. The number of carboxylic acids is 1. The zero-order valence-electron chi connectivity index (χ0n) is 18.2. The fraction of sp³-hybridized carbons (Fsp3) is 0.417. The van der Waals surface area contributed by atoms with Crippen LogP contribution in [0.4, 0.5) is 0 Å². The molecule has 1 aliphatic rings. The first kappa shape index (κ1) is 22.8. The molecule has 0 saturated heterocycles. The summed E-state index contributed by atoms with van der Waals surface area (Å²) in [5.41, 5.74) is 2.32. The maximum absolute atomic E-state index is 11.1. The molecular formula is C24H31N3O4. The van der Waals surface area contributed by atoms with E-state index in [1.165, 1.54) is 0 Å². The van der Waals surface area contributed by atoms with Gasteiger partial charge in [-0.15, -0.1) is 5.10 Å². The summed E-state index contributed by atoms with van der Waals surface area (Å²) in [5, 5.41) is 15.8. The standard InChI is InChI=1S/C24H31N3O4/c1-26(2)15-7-16-27-23(20-11-13-21(14-12-20)24(28)29)31-22(25-27)10-6-17-30-18-19-8-4-3-5-9-19/h3-5,8-9,11-14,23H,6-7,10,15-18H2,1-2H3,(H,28,29). The number of ether oxygens (including phenoxy) is 2. The van der Waals surface area contributed by atoms with Crippen molar-refractivity contribution in [3.63, 3.8) is 0 Å². The summed E-state index contributed by atoms with van der Waals surface area (Å²) >= 11 is 0. The third-order valence-corrected chi connectivity index (χ3v) is 4.98. The molecule has 1 unspecified atom stereocenters. The zero-order chi connectivity index (χ0) is 22.1. The summed E-state index contributed by atoms with van der Waals surface area (Å²) in [4.78, 5) is 13.3. The Morgan fingerprint density at radius 3 is 2.55 bits per heavy atom.